The zero-order chi connectivity index (χ0) is 19.0. The predicted octanol–water partition coefficient (Wildman–Crippen LogP) is 2.97. The Hall–Kier alpha value is -3.32. The number of hydrogen-bond acceptors (Lipinski definition) is 5. The number of fused-ring (bicyclic) bond motifs is 1. The molecule has 4 rings (SSSR count). The molecular weight excluding hydrogens is 362 g/mol. The van der Waals surface area contributed by atoms with Crippen molar-refractivity contribution in [2.45, 2.75) is 6.54 Å². The van der Waals surface area contributed by atoms with E-state index >= 15 is 0 Å². The lowest BCUT2D eigenvalue weighted by Gasteiger charge is -2.04. The summed E-state index contributed by atoms with van der Waals surface area (Å²) in [6.45, 7) is 0.292. The van der Waals surface area contributed by atoms with Crippen molar-refractivity contribution in [2.24, 2.45) is 0 Å². The summed E-state index contributed by atoms with van der Waals surface area (Å²) in [4.78, 5) is 42.0. The number of hydrogen-bond donors (Lipinski definition) is 1. The van der Waals surface area contributed by atoms with Gasteiger partial charge in [0.25, 0.3) is 17.7 Å². The maximum atomic E-state index is 12.4. The van der Waals surface area contributed by atoms with Gasteiger partial charge in [-0.05, 0) is 18.2 Å². The molecule has 6 nitrogen and oxygen atoms in total. The second-order valence-electron chi connectivity index (χ2n) is 6.10. The van der Waals surface area contributed by atoms with E-state index in [1.807, 2.05) is 35.7 Å². The molecule has 0 bridgehead atoms. The zero-order valence-electron chi connectivity index (χ0n) is 14.4. The summed E-state index contributed by atoms with van der Waals surface area (Å²) in [5, 5.41) is 5.54. The van der Waals surface area contributed by atoms with Crippen LogP contribution in [0.25, 0.3) is 11.3 Å². The molecule has 27 heavy (non-hydrogen) atoms. The SMILES string of the molecule is CN1C(=O)c2ccc(C(=O)NCc3nc(-c4ccccc4)cs3)cc2C1=O. The van der Waals surface area contributed by atoms with Crippen molar-refractivity contribution in [1.82, 2.24) is 15.2 Å². The molecule has 2 aromatic carbocycles. The number of carbonyl (C=O) groups is 3. The summed E-state index contributed by atoms with van der Waals surface area (Å²) in [5.41, 5.74) is 2.82. The van der Waals surface area contributed by atoms with Gasteiger partial charge in [-0.2, -0.15) is 0 Å². The van der Waals surface area contributed by atoms with Gasteiger partial charge in [-0.3, -0.25) is 19.3 Å². The van der Waals surface area contributed by atoms with Crippen LogP contribution in [0.4, 0.5) is 0 Å². The number of benzene rings is 2. The molecule has 1 aromatic heterocycles. The minimum Gasteiger partial charge on any atom is -0.346 e. The topological polar surface area (TPSA) is 79.4 Å². The largest absolute Gasteiger partial charge is 0.346 e. The Kier molecular flexibility index (Phi) is 4.29. The average molecular weight is 377 g/mol. The van der Waals surface area contributed by atoms with Crippen molar-refractivity contribution in [2.75, 3.05) is 7.05 Å². The first-order chi connectivity index (χ1) is 13.0. The van der Waals surface area contributed by atoms with Crippen molar-refractivity contribution in [3.63, 3.8) is 0 Å². The van der Waals surface area contributed by atoms with Gasteiger partial charge < -0.3 is 5.32 Å². The molecule has 7 heteroatoms. The lowest BCUT2D eigenvalue weighted by molar-refractivity contribution is 0.0693. The summed E-state index contributed by atoms with van der Waals surface area (Å²) in [7, 11) is 1.43. The fourth-order valence-electron chi connectivity index (χ4n) is 2.89. The Morgan fingerprint density at radius 2 is 1.81 bits per heavy atom. The molecule has 3 amide bonds. The van der Waals surface area contributed by atoms with Crippen molar-refractivity contribution in [3.8, 4) is 11.3 Å². The third-order valence-corrected chi connectivity index (χ3v) is 5.22. The van der Waals surface area contributed by atoms with Crippen LogP contribution >= 0.6 is 11.3 Å². The molecule has 0 saturated heterocycles. The van der Waals surface area contributed by atoms with E-state index in [1.165, 1.54) is 30.5 Å². The van der Waals surface area contributed by atoms with Gasteiger partial charge >= 0.3 is 0 Å². The third kappa shape index (κ3) is 3.13. The lowest BCUT2D eigenvalue weighted by Crippen LogP contribution is -2.24. The number of thiazole rings is 1. The Labute approximate surface area is 159 Å². The molecule has 0 aliphatic carbocycles. The van der Waals surface area contributed by atoms with Crippen LogP contribution < -0.4 is 5.32 Å². The highest BCUT2D eigenvalue weighted by Gasteiger charge is 2.33. The fourth-order valence-corrected chi connectivity index (χ4v) is 3.64. The van der Waals surface area contributed by atoms with E-state index < -0.39 is 5.91 Å². The summed E-state index contributed by atoms with van der Waals surface area (Å²) >= 11 is 1.47. The van der Waals surface area contributed by atoms with Gasteiger partial charge in [0.05, 0.1) is 23.4 Å². The van der Waals surface area contributed by atoms with Crippen molar-refractivity contribution in [3.05, 3.63) is 75.6 Å². The number of imide groups is 1. The average Bonchev–Trinajstić information content (AvgIpc) is 3.26. The van der Waals surface area contributed by atoms with Crippen LogP contribution in [0.1, 0.15) is 36.1 Å². The maximum Gasteiger partial charge on any atom is 0.261 e. The van der Waals surface area contributed by atoms with Gasteiger partial charge in [0.15, 0.2) is 0 Å². The van der Waals surface area contributed by atoms with Gasteiger partial charge in [-0.25, -0.2) is 4.98 Å². The highest BCUT2D eigenvalue weighted by molar-refractivity contribution is 7.09. The van der Waals surface area contributed by atoms with Gasteiger partial charge in [0.2, 0.25) is 0 Å². The highest BCUT2D eigenvalue weighted by atomic mass is 32.1. The second-order valence-corrected chi connectivity index (χ2v) is 7.05. The zero-order valence-corrected chi connectivity index (χ0v) is 15.2. The first-order valence-corrected chi connectivity index (χ1v) is 9.17. The van der Waals surface area contributed by atoms with E-state index in [1.54, 1.807) is 6.07 Å². The second kappa shape index (κ2) is 6.77. The number of nitrogens with one attached hydrogen (secondary N) is 1. The molecule has 3 aromatic rings. The molecule has 134 valence electrons. The van der Waals surface area contributed by atoms with Crippen LogP contribution in [0.15, 0.2) is 53.9 Å². The standard InChI is InChI=1S/C20H15N3O3S/c1-23-19(25)14-8-7-13(9-15(14)20(23)26)18(24)21-10-17-22-16(11-27-17)12-5-3-2-4-6-12/h2-9,11H,10H2,1H3,(H,21,24). The number of rotatable bonds is 4. The Balaban J connectivity index is 1.46. The Morgan fingerprint density at radius 3 is 2.59 bits per heavy atom. The van der Waals surface area contributed by atoms with Gasteiger partial charge in [-0.15, -0.1) is 11.3 Å². The molecule has 0 radical (unpaired) electrons. The molecule has 0 fully saturated rings. The predicted molar refractivity (Wildman–Crippen MR) is 102 cm³/mol. The van der Waals surface area contributed by atoms with E-state index in [0.29, 0.717) is 17.7 Å². The van der Waals surface area contributed by atoms with Crippen LogP contribution in [0, 0.1) is 0 Å². The van der Waals surface area contributed by atoms with Crippen molar-refractivity contribution < 1.29 is 14.4 Å². The quantitative estimate of drug-likeness (QED) is 0.709. The molecule has 2 heterocycles. The summed E-state index contributed by atoms with van der Waals surface area (Å²) in [5.74, 6) is -1.06. The Morgan fingerprint density at radius 1 is 1.07 bits per heavy atom. The van der Waals surface area contributed by atoms with Crippen molar-refractivity contribution >= 4 is 29.1 Å². The maximum absolute atomic E-state index is 12.4. The molecule has 0 unspecified atom stereocenters. The number of nitrogens with zero attached hydrogens (tertiary/aromatic N) is 2. The van der Waals surface area contributed by atoms with E-state index in [2.05, 4.69) is 10.3 Å². The number of aromatic nitrogens is 1. The monoisotopic (exact) mass is 377 g/mol. The normalized spacial score (nSPS) is 13.0. The molecular formula is C20H15N3O3S. The minimum atomic E-state index is -0.392. The summed E-state index contributed by atoms with van der Waals surface area (Å²) in [6.07, 6.45) is 0. The van der Waals surface area contributed by atoms with Crippen LogP contribution in [-0.2, 0) is 6.54 Å². The van der Waals surface area contributed by atoms with E-state index in [9.17, 15) is 14.4 Å². The van der Waals surface area contributed by atoms with E-state index in [-0.39, 0.29) is 17.4 Å². The van der Waals surface area contributed by atoms with Crippen LogP contribution in [-0.4, -0.2) is 34.7 Å². The fraction of sp³-hybridized carbons (Fsp3) is 0.100. The van der Waals surface area contributed by atoms with Gasteiger partial charge in [0, 0.05) is 23.6 Å². The molecule has 1 aliphatic rings. The first-order valence-electron chi connectivity index (χ1n) is 8.29. The number of carbonyl (C=O) groups excluding carboxylic acids is 3. The summed E-state index contributed by atoms with van der Waals surface area (Å²) in [6, 6.07) is 14.4. The molecule has 0 saturated carbocycles. The molecule has 1 aliphatic heterocycles. The van der Waals surface area contributed by atoms with Gasteiger partial charge in [-0.1, -0.05) is 30.3 Å². The summed E-state index contributed by atoms with van der Waals surface area (Å²) < 4.78 is 0. The van der Waals surface area contributed by atoms with Crippen LogP contribution in [0.2, 0.25) is 0 Å². The van der Waals surface area contributed by atoms with E-state index in [4.69, 9.17) is 0 Å². The number of amides is 3. The van der Waals surface area contributed by atoms with Crippen molar-refractivity contribution in [1.29, 1.82) is 0 Å². The Bertz CT molecular complexity index is 1060. The first kappa shape index (κ1) is 17.1. The van der Waals surface area contributed by atoms with Gasteiger partial charge in [0.1, 0.15) is 5.01 Å². The highest BCUT2D eigenvalue weighted by Crippen LogP contribution is 2.23. The molecule has 0 atom stereocenters. The van der Waals surface area contributed by atoms with Crippen LogP contribution in [0.3, 0.4) is 0 Å². The smallest absolute Gasteiger partial charge is 0.261 e. The minimum absolute atomic E-state index is 0.260. The molecule has 0 spiro atoms. The lowest BCUT2D eigenvalue weighted by atomic mass is 10.1. The van der Waals surface area contributed by atoms with E-state index in [0.717, 1.165) is 21.2 Å². The van der Waals surface area contributed by atoms with Crippen LogP contribution in [0.5, 0.6) is 0 Å². The molecule has 1 N–H and O–H groups in total. The third-order valence-electron chi connectivity index (χ3n) is 4.37.